The molecule has 1 aliphatic heterocycles. The fourth-order valence-electron chi connectivity index (χ4n) is 2.96. The van der Waals surface area contributed by atoms with E-state index in [0.29, 0.717) is 18.7 Å². The van der Waals surface area contributed by atoms with Crippen LogP contribution in [0.4, 0.5) is 8.78 Å². The zero-order valence-corrected chi connectivity index (χ0v) is 12.9. The summed E-state index contributed by atoms with van der Waals surface area (Å²) in [7, 11) is 0. The first-order valence-electron chi connectivity index (χ1n) is 7.09. The SMILES string of the molecule is Cc1nnc2n1-c1cc(F)c(-c3cncc(F)c3Cl)cc1CC2. The largest absolute Gasteiger partial charge is 0.283 e. The van der Waals surface area contributed by atoms with E-state index in [4.69, 9.17) is 11.6 Å². The van der Waals surface area contributed by atoms with Crippen LogP contribution in [0, 0.1) is 18.6 Å². The van der Waals surface area contributed by atoms with Gasteiger partial charge in [0.15, 0.2) is 5.82 Å². The lowest BCUT2D eigenvalue weighted by molar-refractivity contribution is 0.618. The van der Waals surface area contributed by atoms with Crippen LogP contribution in [0.3, 0.4) is 0 Å². The van der Waals surface area contributed by atoms with Gasteiger partial charge >= 0.3 is 0 Å². The van der Waals surface area contributed by atoms with Crippen LogP contribution in [0.5, 0.6) is 0 Å². The number of benzene rings is 1. The first-order valence-corrected chi connectivity index (χ1v) is 7.47. The maximum Gasteiger partial charge on any atom is 0.160 e. The molecule has 0 spiro atoms. The number of aromatic nitrogens is 4. The van der Waals surface area contributed by atoms with E-state index < -0.39 is 11.6 Å². The molecular formula is C16H11ClF2N4. The highest BCUT2D eigenvalue weighted by molar-refractivity contribution is 6.33. The zero-order chi connectivity index (χ0) is 16.1. The van der Waals surface area contributed by atoms with Crippen molar-refractivity contribution in [1.82, 2.24) is 19.7 Å². The van der Waals surface area contributed by atoms with Gasteiger partial charge in [-0.3, -0.25) is 9.55 Å². The zero-order valence-electron chi connectivity index (χ0n) is 12.1. The monoisotopic (exact) mass is 332 g/mol. The molecule has 7 heteroatoms. The van der Waals surface area contributed by atoms with Crippen molar-refractivity contribution in [2.24, 2.45) is 0 Å². The van der Waals surface area contributed by atoms with Crippen LogP contribution in [-0.4, -0.2) is 19.7 Å². The maximum atomic E-state index is 14.6. The molecule has 0 saturated carbocycles. The average molecular weight is 333 g/mol. The molecule has 0 fully saturated rings. The Labute approximate surface area is 135 Å². The highest BCUT2D eigenvalue weighted by atomic mass is 35.5. The van der Waals surface area contributed by atoms with Crippen molar-refractivity contribution in [2.45, 2.75) is 19.8 Å². The van der Waals surface area contributed by atoms with E-state index in [9.17, 15) is 8.78 Å². The normalized spacial score (nSPS) is 12.9. The van der Waals surface area contributed by atoms with Crippen molar-refractivity contribution >= 4 is 11.6 Å². The minimum absolute atomic E-state index is 0.129. The second-order valence-corrected chi connectivity index (χ2v) is 5.82. The van der Waals surface area contributed by atoms with Crippen LogP contribution in [0.2, 0.25) is 5.02 Å². The summed E-state index contributed by atoms with van der Waals surface area (Å²) in [6.07, 6.45) is 3.80. The average Bonchev–Trinajstić information content (AvgIpc) is 2.91. The molecule has 0 saturated heterocycles. The third-order valence-corrected chi connectivity index (χ3v) is 4.43. The molecule has 116 valence electrons. The topological polar surface area (TPSA) is 43.6 Å². The van der Waals surface area contributed by atoms with E-state index in [0.717, 1.165) is 23.3 Å². The summed E-state index contributed by atoms with van der Waals surface area (Å²) >= 11 is 5.96. The lowest BCUT2D eigenvalue weighted by atomic mass is 9.97. The van der Waals surface area contributed by atoms with E-state index in [1.165, 1.54) is 12.3 Å². The Balaban J connectivity index is 1.94. The molecule has 4 rings (SSSR count). The summed E-state index contributed by atoms with van der Waals surface area (Å²) in [5, 5.41) is 8.02. The van der Waals surface area contributed by atoms with Gasteiger partial charge in [0.25, 0.3) is 0 Å². The number of hydrogen-bond donors (Lipinski definition) is 0. The van der Waals surface area contributed by atoms with Crippen LogP contribution < -0.4 is 0 Å². The number of halogens is 3. The Morgan fingerprint density at radius 1 is 1.04 bits per heavy atom. The number of hydrogen-bond acceptors (Lipinski definition) is 3. The van der Waals surface area contributed by atoms with Gasteiger partial charge in [0.05, 0.1) is 16.9 Å². The number of aryl methyl sites for hydroxylation is 3. The molecule has 0 unspecified atom stereocenters. The number of nitrogens with zero attached hydrogens (tertiary/aromatic N) is 4. The lowest BCUT2D eigenvalue weighted by Crippen LogP contribution is -2.14. The fraction of sp³-hybridized carbons (Fsp3) is 0.188. The van der Waals surface area contributed by atoms with Crippen molar-refractivity contribution in [3.8, 4) is 16.8 Å². The minimum Gasteiger partial charge on any atom is -0.283 e. The maximum absolute atomic E-state index is 14.6. The molecule has 3 heterocycles. The predicted molar refractivity (Wildman–Crippen MR) is 81.7 cm³/mol. The Morgan fingerprint density at radius 3 is 2.70 bits per heavy atom. The van der Waals surface area contributed by atoms with Crippen LogP contribution in [0.15, 0.2) is 24.5 Å². The van der Waals surface area contributed by atoms with Crippen molar-refractivity contribution in [3.63, 3.8) is 0 Å². The second kappa shape index (κ2) is 5.09. The molecule has 0 atom stereocenters. The molecule has 23 heavy (non-hydrogen) atoms. The molecule has 0 aliphatic carbocycles. The lowest BCUT2D eigenvalue weighted by Gasteiger charge is -2.20. The predicted octanol–water partition coefficient (Wildman–Crippen LogP) is 3.67. The van der Waals surface area contributed by atoms with Gasteiger partial charge < -0.3 is 0 Å². The molecular weight excluding hydrogens is 322 g/mol. The highest BCUT2D eigenvalue weighted by Gasteiger charge is 2.23. The van der Waals surface area contributed by atoms with Gasteiger partial charge in [0, 0.05) is 23.7 Å². The van der Waals surface area contributed by atoms with Crippen LogP contribution in [-0.2, 0) is 12.8 Å². The molecule has 4 nitrogen and oxygen atoms in total. The van der Waals surface area contributed by atoms with Crippen molar-refractivity contribution in [3.05, 3.63) is 58.4 Å². The molecule has 0 radical (unpaired) electrons. The van der Waals surface area contributed by atoms with E-state index >= 15 is 0 Å². The minimum atomic E-state index is -0.668. The third-order valence-electron chi connectivity index (χ3n) is 4.05. The van der Waals surface area contributed by atoms with Crippen molar-refractivity contribution in [2.75, 3.05) is 0 Å². The van der Waals surface area contributed by atoms with Crippen LogP contribution in [0.25, 0.3) is 16.8 Å². The smallest absolute Gasteiger partial charge is 0.160 e. The van der Waals surface area contributed by atoms with Crippen molar-refractivity contribution in [1.29, 1.82) is 0 Å². The molecule has 1 aromatic carbocycles. The highest BCUT2D eigenvalue weighted by Crippen LogP contribution is 2.35. The fourth-order valence-corrected chi connectivity index (χ4v) is 3.16. The molecule has 1 aliphatic rings. The first kappa shape index (κ1) is 14.3. The molecule has 0 N–H and O–H groups in total. The Bertz CT molecular complexity index is 936. The summed E-state index contributed by atoms with van der Waals surface area (Å²) in [4.78, 5) is 3.77. The van der Waals surface area contributed by atoms with Crippen LogP contribution in [0.1, 0.15) is 17.2 Å². The second-order valence-electron chi connectivity index (χ2n) is 5.44. The number of fused-ring (bicyclic) bond motifs is 3. The standard InChI is InChI=1S/C16H11ClF2N4/c1-8-21-22-15-3-2-9-4-10(12(18)5-14(9)23(8)15)11-6-20-7-13(19)16(11)17/h4-7H,2-3H2,1H3. The molecule has 2 aromatic heterocycles. The molecule has 3 aromatic rings. The Morgan fingerprint density at radius 2 is 1.87 bits per heavy atom. The summed E-state index contributed by atoms with van der Waals surface area (Å²) in [6.45, 7) is 1.82. The van der Waals surface area contributed by atoms with Gasteiger partial charge in [0.2, 0.25) is 0 Å². The summed E-state index contributed by atoms with van der Waals surface area (Å²) < 4.78 is 30.1. The van der Waals surface area contributed by atoms with Gasteiger partial charge in [-0.2, -0.15) is 0 Å². The third kappa shape index (κ3) is 2.13. The number of pyridine rings is 1. The van der Waals surface area contributed by atoms with Gasteiger partial charge in [-0.25, -0.2) is 8.78 Å². The summed E-state index contributed by atoms with van der Waals surface area (Å²) in [6, 6.07) is 3.13. The number of rotatable bonds is 1. The van der Waals surface area contributed by atoms with E-state index in [-0.39, 0.29) is 16.1 Å². The van der Waals surface area contributed by atoms with Gasteiger partial charge in [0.1, 0.15) is 17.5 Å². The molecule has 0 amide bonds. The summed E-state index contributed by atoms with van der Waals surface area (Å²) in [5.41, 5.74) is 2.15. The van der Waals surface area contributed by atoms with Crippen molar-refractivity contribution < 1.29 is 8.78 Å². The van der Waals surface area contributed by atoms with Gasteiger partial charge in [-0.15, -0.1) is 10.2 Å². The van der Waals surface area contributed by atoms with E-state index in [1.54, 1.807) is 6.07 Å². The van der Waals surface area contributed by atoms with Gasteiger partial charge in [-0.05, 0) is 31.0 Å². The van der Waals surface area contributed by atoms with E-state index in [2.05, 4.69) is 15.2 Å². The summed E-state index contributed by atoms with van der Waals surface area (Å²) in [5.74, 6) is 0.364. The Hall–Kier alpha value is -2.34. The van der Waals surface area contributed by atoms with E-state index in [1.807, 2.05) is 11.5 Å². The Kier molecular flexibility index (Phi) is 3.16. The first-order chi connectivity index (χ1) is 11.1. The quantitative estimate of drug-likeness (QED) is 0.683. The van der Waals surface area contributed by atoms with Gasteiger partial charge in [-0.1, -0.05) is 11.6 Å². The van der Waals surface area contributed by atoms with Crippen LogP contribution >= 0.6 is 11.6 Å². The molecule has 0 bridgehead atoms.